The van der Waals surface area contributed by atoms with Crippen LogP contribution in [0.4, 0.5) is 0 Å². The van der Waals surface area contributed by atoms with Gasteiger partial charge >= 0.3 is 5.97 Å². The van der Waals surface area contributed by atoms with E-state index in [0.717, 1.165) is 5.56 Å². The number of carbonyl (C=O) groups is 1. The molecular weight excluding hydrogens is 308 g/mol. The number of carboxylic acids is 1. The van der Waals surface area contributed by atoms with Gasteiger partial charge in [0.15, 0.2) is 5.82 Å². The van der Waals surface area contributed by atoms with E-state index >= 15 is 0 Å². The van der Waals surface area contributed by atoms with Crippen LogP contribution < -0.4 is 5.32 Å². The van der Waals surface area contributed by atoms with Gasteiger partial charge in [0.1, 0.15) is 5.54 Å². The molecule has 0 aliphatic carbocycles. The van der Waals surface area contributed by atoms with E-state index in [4.69, 9.17) is 4.52 Å². The van der Waals surface area contributed by atoms with Crippen LogP contribution in [0.3, 0.4) is 0 Å². The fourth-order valence-corrected chi connectivity index (χ4v) is 3.60. The predicted molar refractivity (Wildman–Crippen MR) is 86.3 cm³/mol. The zero-order valence-electron chi connectivity index (χ0n) is 14.1. The van der Waals surface area contributed by atoms with Crippen LogP contribution in [0.1, 0.15) is 55.9 Å². The molecule has 0 aromatic carbocycles. The molecule has 1 fully saturated rings. The van der Waals surface area contributed by atoms with Gasteiger partial charge in [-0.2, -0.15) is 4.98 Å². The average Bonchev–Trinajstić information content (AvgIpc) is 3.12. The van der Waals surface area contributed by atoms with Crippen LogP contribution in [0.25, 0.3) is 0 Å². The first kappa shape index (κ1) is 16.6. The van der Waals surface area contributed by atoms with E-state index in [1.165, 1.54) is 0 Å². The van der Waals surface area contributed by atoms with Crippen molar-refractivity contribution < 1.29 is 14.4 Å². The third-order valence-corrected chi connectivity index (χ3v) is 4.47. The van der Waals surface area contributed by atoms with E-state index < -0.39 is 11.5 Å². The number of pyridine rings is 1. The van der Waals surface area contributed by atoms with Gasteiger partial charge in [0.25, 0.3) is 0 Å². The SMILES string of the molecule is Cc1noc([C@H]2C[C@@](CC(C)C)(C(=O)O)N[C@H]2c2cccnc2)n1. The number of nitrogens with one attached hydrogen (secondary N) is 1. The fraction of sp³-hybridized carbons (Fsp3) is 0.529. The number of aromatic nitrogens is 3. The summed E-state index contributed by atoms with van der Waals surface area (Å²) in [4.78, 5) is 20.6. The summed E-state index contributed by atoms with van der Waals surface area (Å²) < 4.78 is 5.36. The molecule has 0 amide bonds. The Hall–Kier alpha value is -2.28. The van der Waals surface area contributed by atoms with Crippen molar-refractivity contribution in [3.05, 3.63) is 41.8 Å². The van der Waals surface area contributed by atoms with Gasteiger partial charge in [0.05, 0.1) is 5.92 Å². The second-order valence-electron chi connectivity index (χ2n) is 6.88. The number of aliphatic carboxylic acids is 1. The van der Waals surface area contributed by atoms with E-state index in [0.29, 0.717) is 24.6 Å². The number of rotatable bonds is 5. The molecule has 7 heteroatoms. The van der Waals surface area contributed by atoms with Gasteiger partial charge in [0, 0.05) is 18.4 Å². The maximum absolute atomic E-state index is 12.1. The van der Waals surface area contributed by atoms with Crippen molar-refractivity contribution >= 4 is 5.97 Å². The van der Waals surface area contributed by atoms with E-state index in [1.807, 2.05) is 26.0 Å². The first-order valence-corrected chi connectivity index (χ1v) is 8.12. The molecule has 0 spiro atoms. The van der Waals surface area contributed by atoms with Gasteiger partial charge < -0.3 is 9.63 Å². The first-order valence-electron chi connectivity index (χ1n) is 8.12. The Morgan fingerprint density at radius 2 is 2.33 bits per heavy atom. The molecule has 3 heterocycles. The normalized spacial score (nSPS) is 26.8. The molecule has 0 bridgehead atoms. The summed E-state index contributed by atoms with van der Waals surface area (Å²) in [6, 6.07) is 3.55. The van der Waals surface area contributed by atoms with Crippen LogP contribution in [0.2, 0.25) is 0 Å². The quantitative estimate of drug-likeness (QED) is 0.868. The highest BCUT2D eigenvalue weighted by atomic mass is 16.5. The lowest BCUT2D eigenvalue weighted by Gasteiger charge is -2.27. The van der Waals surface area contributed by atoms with E-state index in [9.17, 15) is 9.90 Å². The number of nitrogens with zero attached hydrogens (tertiary/aromatic N) is 3. The molecule has 1 aliphatic heterocycles. The van der Waals surface area contributed by atoms with Gasteiger partial charge in [-0.1, -0.05) is 25.1 Å². The molecule has 3 atom stereocenters. The summed E-state index contributed by atoms with van der Waals surface area (Å²) in [7, 11) is 0. The number of carboxylic acid groups (broad SMARTS) is 1. The Labute approximate surface area is 140 Å². The molecule has 7 nitrogen and oxygen atoms in total. The Morgan fingerprint density at radius 3 is 2.88 bits per heavy atom. The highest BCUT2D eigenvalue weighted by molar-refractivity contribution is 5.79. The first-order chi connectivity index (χ1) is 11.4. The smallest absolute Gasteiger partial charge is 0.323 e. The maximum Gasteiger partial charge on any atom is 0.323 e. The van der Waals surface area contributed by atoms with Crippen LogP contribution in [-0.2, 0) is 4.79 Å². The summed E-state index contributed by atoms with van der Waals surface area (Å²) in [6.45, 7) is 5.80. The molecule has 0 radical (unpaired) electrons. The van der Waals surface area contributed by atoms with Gasteiger partial charge in [-0.05, 0) is 37.3 Å². The van der Waals surface area contributed by atoms with Crippen molar-refractivity contribution in [1.82, 2.24) is 20.4 Å². The highest BCUT2D eigenvalue weighted by Crippen LogP contribution is 2.46. The Kier molecular flexibility index (Phi) is 4.36. The summed E-state index contributed by atoms with van der Waals surface area (Å²) in [6.07, 6.45) is 4.38. The summed E-state index contributed by atoms with van der Waals surface area (Å²) >= 11 is 0. The number of hydrogen-bond donors (Lipinski definition) is 2. The lowest BCUT2D eigenvalue weighted by atomic mass is 9.84. The minimum atomic E-state index is -1.01. The molecule has 128 valence electrons. The standard InChI is InChI=1S/C17H22N4O3/c1-10(2)7-17(16(22)23)8-13(15-19-11(3)21-24-15)14(20-17)12-5-4-6-18-9-12/h4-6,9-10,13-14,20H,7-8H2,1-3H3,(H,22,23)/t13-,14-,17-/m0/s1. The van der Waals surface area contributed by atoms with Crippen molar-refractivity contribution in [2.75, 3.05) is 0 Å². The molecule has 2 aromatic heterocycles. The Bertz CT molecular complexity index is 716. The molecular formula is C17H22N4O3. The number of aryl methyl sites for hydroxylation is 1. The molecule has 1 saturated heterocycles. The van der Waals surface area contributed by atoms with E-state index in [1.54, 1.807) is 19.3 Å². The summed E-state index contributed by atoms with van der Waals surface area (Å²) in [5, 5.41) is 17.1. The van der Waals surface area contributed by atoms with Gasteiger partial charge in [-0.3, -0.25) is 15.1 Å². The van der Waals surface area contributed by atoms with Crippen LogP contribution in [0.5, 0.6) is 0 Å². The van der Waals surface area contributed by atoms with E-state index in [2.05, 4.69) is 20.4 Å². The van der Waals surface area contributed by atoms with E-state index in [-0.39, 0.29) is 17.9 Å². The molecule has 2 aromatic rings. The largest absolute Gasteiger partial charge is 0.480 e. The minimum Gasteiger partial charge on any atom is -0.480 e. The third-order valence-electron chi connectivity index (χ3n) is 4.47. The van der Waals surface area contributed by atoms with Crippen molar-refractivity contribution in [3.63, 3.8) is 0 Å². The predicted octanol–water partition coefficient (Wildman–Crippen LogP) is 2.46. The molecule has 2 N–H and O–H groups in total. The lowest BCUT2D eigenvalue weighted by molar-refractivity contribution is -0.145. The molecule has 0 saturated carbocycles. The molecule has 0 unspecified atom stereocenters. The van der Waals surface area contributed by atoms with Crippen LogP contribution in [0, 0.1) is 12.8 Å². The zero-order valence-corrected chi connectivity index (χ0v) is 14.1. The Morgan fingerprint density at radius 1 is 1.54 bits per heavy atom. The van der Waals surface area contributed by atoms with Crippen LogP contribution in [-0.4, -0.2) is 31.7 Å². The molecule has 3 rings (SSSR count). The second-order valence-corrected chi connectivity index (χ2v) is 6.88. The lowest BCUT2D eigenvalue weighted by Crippen LogP contribution is -2.49. The van der Waals surface area contributed by atoms with Gasteiger partial charge in [0.2, 0.25) is 5.89 Å². The topological polar surface area (TPSA) is 101 Å². The zero-order chi connectivity index (χ0) is 17.3. The van der Waals surface area contributed by atoms with Gasteiger partial charge in [-0.15, -0.1) is 0 Å². The monoisotopic (exact) mass is 330 g/mol. The average molecular weight is 330 g/mol. The molecule has 1 aliphatic rings. The van der Waals surface area contributed by atoms with Gasteiger partial charge in [-0.25, -0.2) is 0 Å². The fourth-order valence-electron chi connectivity index (χ4n) is 3.60. The summed E-state index contributed by atoms with van der Waals surface area (Å²) in [5.74, 6) is 0.216. The maximum atomic E-state index is 12.1. The number of hydrogen-bond acceptors (Lipinski definition) is 6. The van der Waals surface area contributed by atoms with Crippen molar-refractivity contribution in [2.45, 2.75) is 51.1 Å². The second kappa shape index (κ2) is 6.32. The Balaban J connectivity index is 2.02. The van der Waals surface area contributed by atoms with Crippen LogP contribution >= 0.6 is 0 Å². The van der Waals surface area contributed by atoms with Crippen LogP contribution in [0.15, 0.2) is 29.0 Å². The minimum absolute atomic E-state index is 0.203. The third kappa shape index (κ3) is 3.03. The highest BCUT2D eigenvalue weighted by Gasteiger charge is 2.52. The van der Waals surface area contributed by atoms with Crippen molar-refractivity contribution in [2.24, 2.45) is 5.92 Å². The van der Waals surface area contributed by atoms with Crippen molar-refractivity contribution in [3.8, 4) is 0 Å². The molecule has 24 heavy (non-hydrogen) atoms. The van der Waals surface area contributed by atoms with Crippen molar-refractivity contribution in [1.29, 1.82) is 0 Å². The summed E-state index contributed by atoms with van der Waals surface area (Å²) in [5.41, 5.74) is -0.0907.